The molecule has 4 heterocycles. The lowest BCUT2D eigenvalue weighted by Crippen LogP contribution is -2.35. The van der Waals surface area contributed by atoms with Crippen molar-refractivity contribution in [2.45, 2.75) is 25.0 Å². The van der Waals surface area contributed by atoms with Crippen molar-refractivity contribution in [2.24, 2.45) is 0 Å². The van der Waals surface area contributed by atoms with Crippen molar-refractivity contribution in [1.82, 2.24) is 19.9 Å². The maximum Gasteiger partial charge on any atom is 0.116 e. The molecule has 2 aliphatic heterocycles. The van der Waals surface area contributed by atoms with E-state index in [1.54, 1.807) is 25.0 Å². The van der Waals surface area contributed by atoms with Crippen LogP contribution in [0.5, 0.6) is 0 Å². The molecule has 0 fully saturated rings. The molecule has 0 N–H and O–H groups in total. The van der Waals surface area contributed by atoms with Gasteiger partial charge in [0, 0.05) is 18.8 Å². The highest BCUT2D eigenvalue weighted by molar-refractivity contribution is 5.65. The van der Waals surface area contributed by atoms with Crippen LogP contribution in [0.4, 0.5) is 0 Å². The molecule has 0 saturated carbocycles. The van der Waals surface area contributed by atoms with E-state index in [9.17, 15) is 0 Å². The minimum Gasteiger partial charge on any atom is -0.371 e. The quantitative estimate of drug-likeness (QED) is 0.863. The molecule has 4 rings (SSSR count). The molecule has 0 aromatic carbocycles. The predicted molar refractivity (Wildman–Crippen MR) is 88.7 cm³/mol. The average Bonchev–Trinajstić information content (AvgIpc) is 2.70. The Balaban J connectivity index is 1.53. The van der Waals surface area contributed by atoms with Crippen LogP contribution in [0.25, 0.3) is 11.1 Å². The van der Waals surface area contributed by atoms with Gasteiger partial charge in [-0.15, -0.1) is 0 Å². The lowest BCUT2D eigenvalue weighted by Gasteiger charge is -2.31. The van der Waals surface area contributed by atoms with Crippen LogP contribution in [0.1, 0.15) is 24.2 Å². The summed E-state index contributed by atoms with van der Waals surface area (Å²) in [5.41, 5.74) is 4.28. The fraction of sp³-hybridized carbons (Fsp3) is 0.333. The third-order valence-corrected chi connectivity index (χ3v) is 4.30. The van der Waals surface area contributed by atoms with Gasteiger partial charge in [0.1, 0.15) is 18.8 Å². The highest BCUT2D eigenvalue weighted by Crippen LogP contribution is 2.30. The van der Waals surface area contributed by atoms with Crippen LogP contribution >= 0.6 is 0 Å². The summed E-state index contributed by atoms with van der Waals surface area (Å²) in [5.74, 6) is 0. The maximum absolute atomic E-state index is 5.95. The van der Waals surface area contributed by atoms with E-state index in [1.807, 2.05) is 12.1 Å². The first kappa shape index (κ1) is 15.1. The van der Waals surface area contributed by atoms with Crippen LogP contribution in [0, 0.1) is 0 Å². The van der Waals surface area contributed by atoms with E-state index in [1.165, 1.54) is 11.1 Å². The first-order chi connectivity index (χ1) is 11.9. The summed E-state index contributed by atoms with van der Waals surface area (Å²) in [6.45, 7) is 1.24. The van der Waals surface area contributed by atoms with E-state index < -0.39 is 0 Å². The Kier molecular flexibility index (Phi) is 4.40. The Labute approximate surface area is 140 Å². The summed E-state index contributed by atoms with van der Waals surface area (Å²) < 4.78 is 11.9. The van der Waals surface area contributed by atoms with Crippen molar-refractivity contribution in [3.63, 3.8) is 0 Å². The lowest BCUT2D eigenvalue weighted by molar-refractivity contribution is -0.0462. The zero-order valence-corrected chi connectivity index (χ0v) is 13.2. The minimum absolute atomic E-state index is 0.0166. The van der Waals surface area contributed by atoms with Crippen LogP contribution in [-0.4, -0.2) is 45.4 Å². The molecule has 0 amide bonds. The second kappa shape index (κ2) is 6.98. The second-order valence-electron chi connectivity index (χ2n) is 5.77. The lowest BCUT2D eigenvalue weighted by atomic mass is 9.95. The predicted octanol–water partition coefficient (Wildman–Crippen LogP) is 2.31. The number of aromatic nitrogens is 4. The van der Waals surface area contributed by atoms with Gasteiger partial charge in [-0.25, -0.2) is 19.9 Å². The third kappa shape index (κ3) is 3.25. The summed E-state index contributed by atoms with van der Waals surface area (Å²) >= 11 is 0. The van der Waals surface area contributed by atoms with E-state index in [4.69, 9.17) is 9.47 Å². The Morgan fingerprint density at radius 2 is 1.67 bits per heavy atom. The first-order valence-corrected chi connectivity index (χ1v) is 8.06. The van der Waals surface area contributed by atoms with Gasteiger partial charge in [-0.05, 0) is 35.8 Å². The number of hydrogen-bond donors (Lipinski definition) is 0. The van der Waals surface area contributed by atoms with Crippen molar-refractivity contribution < 1.29 is 9.47 Å². The summed E-state index contributed by atoms with van der Waals surface area (Å²) in [5, 5.41) is 0. The molecule has 6 nitrogen and oxygen atoms in total. The molecule has 2 aromatic rings. The number of hydrogen-bond acceptors (Lipinski definition) is 6. The van der Waals surface area contributed by atoms with Crippen molar-refractivity contribution in [1.29, 1.82) is 0 Å². The van der Waals surface area contributed by atoms with Gasteiger partial charge in [-0.2, -0.15) is 0 Å². The van der Waals surface area contributed by atoms with Crippen molar-refractivity contribution in [3.05, 3.63) is 60.7 Å². The highest BCUT2D eigenvalue weighted by atomic mass is 16.5. The molecule has 0 aliphatic carbocycles. The first-order valence-electron chi connectivity index (χ1n) is 8.06. The zero-order valence-electron chi connectivity index (χ0n) is 13.2. The molecule has 2 aliphatic rings. The summed E-state index contributed by atoms with van der Waals surface area (Å²) in [6, 6.07) is 3.86. The number of rotatable bonds is 3. The monoisotopic (exact) mass is 322 g/mol. The number of ether oxygens (including phenoxy) is 2. The number of nitrogens with zero attached hydrogens (tertiary/aromatic N) is 4. The van der Waals surface area contributed by atoms with Crippen LogP contribution in [0.2, 0.25) is 0 Å². The maximum atomic E-state index is 5.95. The van der Waals surface area contributed by atoms with Gasteiger partial charge < -0.3 is 9.47 Å². The van der Waals surface area contributed by atoms with Crippen molar-refractivity contribution >= 4 is 11.1 Å². The van der Waals surface area contributed by atoms with Gasteiger partial charge in [0.25, 0.3) is 0 Å². The van der Waals surface area contributed by atoms with Gasteiger partial charge >= 0.3 is 0 Å². The molecular weight excluding hydrogens is 304 g/mol. The SMILES string of the molecule is C1=C(c2ccncn2)CCOC1C1CC(c2ccncn2)=CCO1. The van der Waals surface area contributed by atoms with Gasteiger partial charge in [0.15, 0.2) is 0 Å². The van der Waals surface area contributed by atoms with E-state index >= 15 is 0 Å². The van der Waals surface area contributed by atoms with E-state index in [-0.39, 0.29) is 12.2 Å². The molecule has 24 heavy (non-hydrogen) atoms. The smallest absolute Gasteiger partial charge is 0.116 e. The van der Waals surface area contributed by atoms with Gasteiger partial charge in [0.2, 0.25) is 0 Å². The molecule has 122 valence electrons. The van der Waals surface area contributed by atoms with Gasteiger partial charge in [-0.3, -0.25) is 0 Å². The Hall–Kier alpha value is -2.44. The molecule has 2 aromatic heterocycles. The second-order valence-corrected chi connectivity index (χ2v) is 5.77. The molecule has 0 saturated heterocycles. The fourth-order valence-corrected chi connectivity index (χ4v) is 3.08. The molecule has 2 atom stereocenters. The largest absolute Gasteiger partial charge is 0.371 e. The molecule has 0 spiro atoms. The summed E-state index contributed by atoms with van der Waals surface area (Å²) in [4.78, 5) is 16.6. The molecule has 0 bridgehead atoms. The Bertz CT molecular complexity index is 746. The van der Waals surface area contributed by atoms with Crippen LogP contribution in [0.3, 0.4) is 0 Å². The Morgan fingerprint density at radius 3 is 2.38 bits per heavy atom. The van der Waals surface area contributed by atoms with Gasteiger partial charge in [-0.1, -0.05) is 6.08 Å². The minimum atomic E-state index is -0.0748. The van der Waals surface area contributed by atoms with Gasteiger partial charge in [0.05, 0.1) is 30.7 Å². The Morgan fingerprint density at radius 1 is 0.917 bits per heavy atom. The van der Waals surface area contributed by atoms with Crippen molar-refractivity contribution in [2.75, 3.05) is 13.2 Å². The molecular formula is C18H18N4O2. The third-order valence-electron chi connectivity index (χ3n) is 4.30. The van der Waals surface area contributed by atoms with Crippen LogP contribution in [-0.2, 0) is 9.47 Å². The van der Waals surface area contributed by atoms with E-state index in [0.29, 0.717) is 13.2 Å². The normalized spacial score (nSPS) is 24.2. The molecule has 0 radical (unpaired) electrons. The molecule has 2 unspecified atom stereocenters. The van der Waals surface area contributed by atoms with Crippen LogP contribution in [0.15, 0.2) is 49.3 Å². The van der Waals surface area contributed by atoms with Crippen LogP contribution < -0.4 is 0 Å². The summed E-state index contributed by atoms with van der Waals surface area (Å²) in [7, 11) is 0. The summed E-state index contributed by atoms with van der Waals surface area (Å²) in [6.07, 6.45) is 12.4. The zero-order chi connectivity index (χ0) is 16.2. The highest BCUT2D eigenvalue weighted by Gasteiger charge is 2.28. The standard InChI is InChI=1S/C18H18N4O2/c1-5-19-11-21-15(1)13-3-7-23-17(9-13)18-10-14(4-8-24-18)16-2-6-20-12-22-16/h1-3,5-6,10-12,17-18H,4,7-9H2. The average molecular weight is 322 g/mol. The molecule has 6 heteroatoms. The fourth-order valence-electron chi connectivity index (χ4n) is 3.08. The van der Waals surface area contributed by atoms with E-state index in [0.717, 1.165) is 24.2 Å². The van der Waals surface area contributed by atoms with Crippen molar-refractivity contribution in [3.8, 4) is 0 Å². The topological polar surface area (TPSA) is 70.0 Å². The van der Waals surface area contributed by atoms with E-state index in [2.05, 4.69) is 32.1 Å².